The molecule has 0 aliphatic carbocycles. The predicted molar refractivity (Wildman–Crippen MR) is 81.0 cm³/mol. The van der Waals surface area contributed by atoms with Crippen LogP contribution < -0.4 is 21.2 Å². The Morgan fingerprint density at radius 1 is 1.43 bits per heavy atom. The Bertz CT molecular complexity index is 974. The Morgan fingerprint density at radius 3 is 2.87 bits per heavy atom. The van der Waals surface area contributed by atoms with E-state index in [2.05, 4.69) is 11.0 Å². The molecule has 8 heteroatoms. The third-order valence-corrected chi connectivity index (χ3v) is 3.64. The van der Waals surface area contributed by atoms with Gasteiger partial charge in [-0.2, -0.15) is 5.10 Å². The van der Waals surface area contributed by atoms with Crippen LogP contribution in [0.2, 0.25) is 0 Å². The summed E-state index contributed by atoms with van der Waals surface area (Å²) in [5.41, 5.74) is 2.01. The predicted octanol–water partition coefficient (Wildman–Crippen LogP) is -0.534. The average Bonchev–Trinajstić information content (AvgIpc) is 2.54. The Labute approximate surface area is 130 Å². The van der Waals surface area contributed by atoms with Crippen molar-refractivity contribution >= 4 is 17.6 Å². The zero-order chi connectivity index (χ0) is 16.6. The Hall–Kier alpha value is -2.77. The Morgan fingerprint density at radius 2 is 2.22 bits per heavy atom. The van der Waals surface area contributed by atoms with Crippen molar-refractivity contribution in [3.8, 4) is 5.69 Å². The molecule has 0 spiro atoms. The van der Waals surface area contributed by atoms with Crippen LogP contribution in [-0.4, -0.2) is 32.7 Å². The van der Waals surface area contributed by atoms with E-state index in [1.54, 1.807) is 19.1 Å². The van der Waals surface area contributed by atoms with Gasteiger partial charge in [0.15, 0.2) is 5.49 Å². The van der Waals surface area contributed by atoms with Gasteiger partial charge in [-0.05, 0) is 36.8 Å². The number of hydrogen-bond acceptors (Lipinski definition) is 6. The van der Waals surface area contributed by atoms with E-state index in [0.29, 0.717) is 28.8 Å². The van der Waals surface area contributed by atoms with Gasteiger partial charge in [0, 0.05) is 10.4 Å². The summed E-state index contributed by atoms with van der Waals surface area (Å²) in [7, 11) is 0. The minimum atomic E-state index is -0.0231. The number of fused-ring (bicyclic) bond motifs is 1. The number of anilines is 1. The molecule has 3 N–H and O–H groups in total. The fourth-order valence-corrected chi connectivity index (χ4v) is 2.52. The van der Waals surface area contributed by atoms with E-state index in [-0.39, 0.29) is 28.2 Å². The number of benzene rings is 1. The summed E-state index contributed by atoms with van der Waals surface area (Å²) < 4.78 is 6.69. The van der Waals surface area contributed by atoms with Gasteiger partial charge in [0.1, 0.15) is 0 Å². The molecule has 0 fully saturated rings. The maximum atomic E-state index is 9.39. The number of hydrogen-bond donors (Lipinski definition) is 3. The van der Waals surface area contributed by atoms with Gasteiger partial charge in [-0.1, -0.05) is 0 Å². The van der Waals surface area contributed by atoms with Gasteiger partial charge in [0.05, 0.1) is 30.3 Å². The smallest absolute Gasteiger partial charge is 0.160 e. The maximum absolute atomic E-state index is 9.39. The van der Waals surface area contributed by atoms with Crippen LogP contribution in [0.4, 0.5) is 5.69 Å². The van der Waals surface area contributed by atoms with Crippen molar-refractivity contribution in [2.45, 2.75) is 13.5 Å². The van der Waals surface area contributed by atoms with Crippen molar-refractivity contribution in [3.63, 3.8) is 0 Å². The molecule has 1 aromatic heterocycles. The van der Waals surface area contributed by atoms with Crippen LogP contribution in [0.15, 0.2) is 18.2 Å². The van der Waals surface area contributed by atoms with Crippen molar-refractivity contribution in [3.05, 3.63) is 50.8 Å². The molecular formula is C15H14N5O3-. The van der Waals surface area contributed by atoms with Gasteiger partial charge in [-0.25, -0.2) is 4.68 Å². The van der Waals surface area contributed by atoms with Crippen LogP contribution in [-0.2, 0) is 11.3 Å². The number of nitrogens with one attached hydrogen (secondary N) is 1. The quantitative estimate of drug-likeness (QED) is 0.509. The standard InChI is InChI=1S/C15H14N5O3/c1-9-6-10(20(21)22)2-3-14(9)19-15(17)12(7-16)11-4-5-23-8-13(11)18-19/h2-4,6,17,21-22H,5,8H2,1H3/q-1. The lowest BCUT2D eigenvalue weighted by atomic mass is 10.1. The normalized spacial score (nSPS) is 13.0. The highest BCUT2D eigenvalue weighted by molar-refractivity contribution is 5.57. The molecule has 2 heterocycles. The van der Waals surface area contributed by atoms with Gasteiger partial charge in [-0.15, -0.1) is 5.23 Å². The molecule has 0 radical (unpaired) electrons. The first-order chi connectivity index (χ1) is 11.0. The lowest BCUT2D eigenvalue weighted by Gasteiger charge is -2.16. The molecule has 1 aliphatic heterocycles. The van der Waals surface area contributed by atoms with Gasteiger partial charge < -0.3 is 10.1 Å². The second-order valence-electron chi connectivity index (χ2n) is 5.09. The van der Waals surface area contributed by atoms with E-state index in [4.69, 9.17) is 20.6 Å². The molecule has 118 valence electrons. The molecule has 8 nitrogen and oxygen atoms in total. The molecule has 1 aliphatic rings. The average molecular weight is 312 g/mol. The first kappa shape index (κ1) is 15.1. The Kier molecular flexibility index (Phi) is 3.81. The summed E-state index contributed by atoms with van der Waals surface area (Å²) in [5.74, 6) is 2.06. The second-order valence-corrected chi connectivity index (χ2v) is 5.09. The molecule has 0 amide bonds. The highest BCUT2D eigenvalue weighted by atomic mass is 16.8. The van der Waals surface area contributed by atoms with E-state index >= 15 is 0 Å². The monoisotopic (exact) mass is 312 g/mol. The zero-order valence-corrected chi connectivity index (χ0v) is 12.3. The molecule has 0 atom stereocenters. The summed E-state index contributed by atoms with van der Waals surface area (Å²) in [4.78, 5) is 0. The largest absolute Gasteiger partial charge is 0.763 e. The molecule has 0 saturated carbocycles. The van der Waals surface area contributed by atoms with E-state index in [1.165, 1.54) is 16.8 Å². The van der Waals surface area contributed by atoms with Crippen molar-refractivity contribution < 1.29 is 15.2 Å². The van der Waals surface area contributed by atoms with Crippen molar-refractivity contribution in [2.24, 2.45) is 0 Å². The van der Waals surface area contributed by atoms with Crippen molar-refractivity contribution in [2.75, 3.05) is 11.8 Å². The summed E-state index contributed by atoms with van der Waals surface area (Å²) in [6.07, 6.45) is 1.75. The summed E-state index contributed by atoms with van der Waals surface area (Å²) >= 11 is 0. The van der Waals surface area contributed by atoms with Crippen molar-refractivity contribution in [1.82, 2.24) is 9.78 Å². The number of rotatable bonds is 2. The summed E-state index contributed by atoms with van der Waals surface area (Å²) in [5, 5.41) is 41.1. The SMILES string of the molecule is Cc1cc(N(O)O)ccc1-n1nc2c(c(=C=[N-])c1=N)=CCOC2. The van der Waals surface area contributed by atoms with Crippen LogP contribution >= 0.6 is 0 Å². The van der Waals surface area contributed by atoms with Crippen LogP contribution in [0.3, 0.4) is 0 Å². The van der Waals surface area contributed by atoms with Crippen LogP contribution in [0.1, 0.15) is 11.3 Å². The van der Waals surface area contributed by atoms with Crippen LogP contribution in [0.5, 0.6) is 0 Å². The topological polar surface area (TPSA) is 117 Å². The fourth-order valence-electron chi connectivity index (χ4n) is 2.52. The van der Waals surface area contributed by atoms with Gasteiger partial charge in [0.2, 0.25) is 0 Å². The molecule has 1 aromatic carbocycles. The third-order valence-electron chi connectivity index (χ3n) is 3.64. The molecule has 0 bridgehead atoms. The molecular weight excluding hydrogens is 298 g/mol. The lowest BCUT2D eigenvalue weighted by Crippen LogP contribution is -2.50. The van der Waals surface area contributed by atoms with E-state index in [1.807, 2.05) is 0 Å². The number of aryl methyl sites for hydroxylation is 1. The van der Waals surface area contributed by atoms with Crippen molar-refractivity contribution in [1.29, 1.82) is 5.41 Å². The zero-order valence-electron chi connectivity index (χ0n) is 12.3. The van der Waals surface area contributed by atoms with Crippen LogP contribution in [0.25, 0.3) is 17.2 Å². The molecule has 23 heavy (non-hydrogen) atoms. The molecule has 3 rings (SSSR count). The Balaban J connectivity index is 2.31. The highest BCUT2D eigenvalue weighted by Crippen LogP contribution is 2.18. The first-order valence-electron chi connectivity index (χ1n) is 6.83. The van der Waals surface area contributed by atoms with Gasteiger partial charge in [0.25, 0.3) is 0 Å². The number of aromatic nitrogens is 2. The van der Waals surface area contributed by atoms with E-state index in [9.17, 15) is 5.41 Å². The summed E-state index contributed by atoms with van der Waals surface area (Å²) in [6, 6.07) is 4.62. The minimum Gasteiger partial charge on any atom is -0.763 e. The van der Waals surface area contributed by atoms with Gasteiger partial charge in [-0.3, -0.25) is 21.7 Å². The maximum Gasteiger partial charge on any atom is 0.160 e. The van der Waals surface area contributed by atoms with E-state index in [0.717, 1.165) is 0 Å². The molecule has 2 aromatic rings. The third kappa shape index (κ3) is 2.56. The second kappa shape index (κ2) is 5.79. The van der Waals surface area contributed by atoms with E-state index < -0.39 is 0 Å². The number of ether oxygens (including phenoxy) is 1. The highest BCUT2D eigenvalue weighted by Gasteiger charge is 2.12. The number of nitrogens with zero attached hydrogens (tertiary/aromatic N) is 4. The summed E-state index contributed by atoms with van der Waals surface area (Å²) in [6.45, 7) is 2.42. The van der Waals surface area contributed by atoms with Crippen LogP contribution in [0, 0.1) is 12.3 Å². The first-order valence-corrected chi connectivity index (χ1v) is 6.83. The molecule has 0 unspecified atom stereocenters. The fraction of sp³-hybridized carbons (Fsp3) is 0.200. The minimum absolute atomic E-state index is 0.0207. The molecule has 0 saturated heterocycles. The lowest BCUT2D eigenvalue weighted by molar-refractivity contribution is 0.0291. The van der Waals surface area contributed by atoms with Gasteiger partial charge >= 0.3 is 0 Å².